The molecule has 4 aromatic rings. The van der Waals surface area contributed by atoms with Crippen LogP contribution in [0.5, 0.6) is 5.75 Å². The van der Waals surface area contributed by atoms with Gasteiger partial charge in [0.05, 0.1) is 12.8 Å². The molecule has 1 heterocycles. The maximum atomic E-state index is 12.9. The molecule has 1 amide bonds. The third kappa shape index (κ3) is 3.50. The Kier molecular flexibility index (Phi) is 4.89. The Morgan fingerprint density at radius 1 is 0.893 bits per heavy atom. The van der Waals surface area contributed by atoms with Gasteiger partial charge in [0, 0.05) is 5.56 Å². The molecule has 5 nitrogen and oxygen atoms in total. The summed E-state index contributed by atoms with van der Waals surface area (Å²) in [6, 6.07) is 25.0. The number of amides is 1. The van der Waals surface area contributed by atoms with E-state index in [2.05, 4.69) is 10.3 Å². The Hall–Kier alpha value is -3.86. The number of aromatic nitrogens is 1. The molecular weight excluding hydrogens is 352 g/mol. The fraction of sp³-hybridized carbons (Fsp3) is 0.0435. The predicted molar refractivity (Wildman–Crippen MR) is 108 cm³/mol. The third-order valence-electron chi connectivity index (χ3n) is 4.37. The van der Waals surface area contributed by atoms with Crippen molar-refractivity contribution in [2.75, 3.05) is 12.4 Å². The SMILES string of the molecule is COc1ccc(-c2ccccc2)cc1NC(=O)c1ncoc1-c1ccccc1. The van der Waals surface area contributed by atoms with E-state index in [1.54, 1.807) is 7.11 Å². The van der Waals surface area contributed by atoms with Crippen LogP contribution in [0.3, 0.4) is 0 Å². The summed E-state index contributed by atoms with van der Waals surface area (Å²) in [5.74, 6) is 0.630. The smallest absolute Gasteiger partial charge is 0.278 e. The van der Waals surface area contributed by atoms with Crippen molar-refractivity contribution in [1.29, 1.82) is 0 Å². The van der Waals surface area contributed by atoms with Crippen molar-refractivity contribution >= 4 is 11.6 Å². The van der Waals surface area contributed by atoms with E-state index in [9.17, 15) is 4.79 Å². The van der Waals surface area contributed by atoms with Crippen molar-refractivity contribution in [1.82, 2.24) is 4.98 Å². The van der Waals surface area contributed by atoms with Crippen molar-refractivity contribution < 1.29 is 13.9 Å². The molecule has 0 saturated carbocycles. The van der Waals surface area contributed by atoms with E-state index in [1.165, 1.54) is 6.39 Å². The lowest BCUT2D eigenvalue weighted by atomic mass is 10.0. The second kappa shape index (κ2) is 7.80. The monoisotopic (exact) mass is 370 g/mol. The summed E-state index contributed by atoms with van der Waals surface area (Å²) in [4.78, 5) is 17.0. The third-order valence-corrected chi connectivity index (χ3v) is 4.37. The van der Waals surface area contributed by atoms with E-state index >= 15 is 0 Å². The minimum atomic E-state index is -0.365. The Morgan fingerprint density at radius 2 is 1.57 bits per heavy atom. The van der Waals surface area contributed by atoms with Crippen LogP contribution in [0.15, 0.2) is 89.7 Å². The van der Waals surface area contributed by atoms with Gasteiger partial charge in [0.2, 0.25) is 0 Å². The average Bonchev–Trinajstić information content (AvgIpc) is 3.25. The molecule has 0 spiro atoms. The normalized spacial score (nSPS) is 10.5. The largest absolute Gasteiger partial charge is 0.495 e. The standard InChI is InChI=1S/C23H18N2O3/c1-27-20-13-12-18(16-8-4-2-5-9-16)14-19(20)25-23(26)21-22(28-15-24-21)17-10-6-3-7-11-17/h2-15H,1H3,(H,25,26). The van der Waals surface area contributed by atoms with Crippen molar-refractivity contribution in [3.8, 4) is 28.2 Å². The van der Waals surface area contributed by atoms with Crippen LogP contribution >= 0.6 is 0 Å². The van der Waals surface area contributed by atoms with Crippen LogP contribution in [-0.4, -0.2) is 18.0 Å². The summed E-state index contributed by atoms with van der Waals surface area (Å²) in [6.45, 7) is 0. The molecule has 0 unspecified atom stereocenters. The van der Waals surface area contributed by atoms with Crippen LogP contribution in [0, 0.1) is 0 Å². The van der Waals surface area contributed by atoms with E-state index in [-0.39, 0.29) is 11.6 Å². The van der Waals surface area contributed by atoms with Gasteiger partial charge in [0.15, 0.2) is 17.8 Å². The van der Waals surface area contributed by atoms with Crippen LogP contribution in [0.25, 0.3) is 22.5 Å². The summed E-state index contributed by atoms with van der Waals surface area (Å²) < 4.78 is 10.9. The van der Waals surface area contributed by atoms with Gasteiger partial charge in [0.25, 0.3) is 5.91 Å². The molecule has 0 saturated heterocycles. The number of hydrogen-bond acceptors (Lipinski definition) is 4. The van der Waals surface area contributed by atoms with E-state index in [0.717, 1.165) is 16.7 Å². The molecule has 0 aliphatic carbocycles. The first-order valence-electron chi connectivity index (χ1n) is 8.80. The molecule has 0 atom stereocenters. The number of benzene rings is 3. The summed E-state index contributed by atoms with van der Waals surface area (Å²) in [7, 11) is 1.57. The number of carbonyl (C=O) groups is 1. The van der Waals surface area contributed by atoms with Crippen LogP contribution in [0.2, 0.25) is 0 Å². The zero-order chi connectivity index (χ0) is 19.3. The van der Waals surface area contributed by atoms with E-state index in [0.29, 0.717) is 17.2 Å². The lowest BCUT2D eigenvalue weighted by Gasteiger charge is -2.12. The molecular formula is C23H18N2O3. The van der Waals surface area contributed by atoms with Gasteiger partial charge in [0.1, 0.15) is 5.75 Å². The molecule has 0 bridgehead atoms. The van der Waals surface area contributed by atoms with Crippen LogP contribution in [0.4, 0.5) is 5.69 Å². The van der Waals surface area contributed by atoms with Crippen molar-refractivity contribution in [2.45, 2.75) is 0 Å². The molecule has 138 valence electrons. The van der Waals surface area contributed by atoms with Gasteiger partial charge in [-0.1, -0.05) is 66.7 Å². The molecule has 0 radical (unpaired) electrons. The first kappa shape index (κ1) is 17.5. The number of hydrogen-bond donors (Lipinski definition) is 1. The van der Waals surface area contributed by atoms with E-state index < -0.39 is 0 Å². The van der Waals surface area contributed by atoms with Crippen LogP contribution < -0.4 is 10.1 Å². The minimum absolute atomic E-state index is 0.221. The predicted octanol–water partition coefficient (Wildman–Crippen LogP) is 5.27. The lowest BCUT2D eigenvalue weighted by molar-refractivity contribution is 0.102. The van der Waals surface area contributed by atoms with Gasteiger partial charge in [-0.15, -0.1) is 0 Å². The molecule has 3 aromatic carbocycles. The average molecular weight is 370 g/mol. The van der Waals surface area contributed by atoms with Crippen molar-refractivity contribution in [2.24, 2.45) is 0 Å². The number of carbonyl (C=O) groups excluding carboxylic acids is 1. The lowest BCUT2D eigenvalue weighted by Crippen LogP contribution is -2.14. The Bertz CT molecular complexity index is 1090. The number of rotatable bonds is 5. The second-order valence-electron chi connectivity index (χ2n) is 6.13. The number of nitrogens with one attached hydrogen (secondary N) is 1. The molecule has 5 heteroatoms. The molecule has 28 heavy (non-hydrogen) atoms. The Balaban J connectivity index is 1.66. The first-order valence-corrected chi connectivity index (χ1v) is 8.80. The fourth-order valence-corrected chi connectivity index (χ4v) is 3.00. The summed E-state index contributed by atoms with van der Waals surface area (Å²) in [5, 5.41) is 2.90. The fourth-order valence-electron chi connectivity index (χ4n) is 3.00. The van der Waals surface area contributed by atoms with Gasteiger partial charge in [-0.2, -0.15) is 0 Å². The Morgan fingerprint density at radius 3 is 2.25 bits per heavy atom. The van der Waals surface area contributed by atoms with E-state index in [4.69, 9.17) is 9.15 Å². The zero-order valence-corrected chi connectivity index (χ0v) is 15.3. The zero-order valence-electron chi connectivity index (χ0n) is 15.3. The molecule has 0 aliphatic heterocycles. The van der Waals surface area contributed by atoms with Crippen molar-refractivity contribution in [3.05, 3.63) is 91.0 Å². The highest BCUT2D eigenvalue weighted by molar-refractivity contribution is 6.07. The van der Waals surface area contributed by atoms with Crippen LogP contribution in [0.1, 0.15) is 10.5 Å². The molecule has 0 fully saturated rings. The van der Waals surface area contributed by atoms with Gasteiger partial charge in [-0.3, -0.25) is 4.79 Å². The molecule has 0 aliphatic rings. The van der Waals surface area contributed by atoms with Gasteiger partial charge in [-0.25, -0.2) is 4.98 Å². The maximum Gasteiger partial charge on any atom is 0.278 e. The van der Waals surface area contributed by atoms with Gasteiger partial charge in [-0.05, 0) is 23.3 Å². The molecule has 1 N–H and O–H groups in total. The first-order chi connectivity index (χ1) is 13.8. The topological polar surface area (TPSA) is 64.4 Å². The highest BCUT2D eigenvalue weighted by Gasteiger charge is 2.19. The van der Waals surface area contributed by atoms with Gasteiger partial charge < -0.3 is 14.5 Å². The van der Waals surface area contributed by atoms with Crippen LogP contribution in [-0.2, 0) is 0 Å². The number of anilines is 1. The highest BCUT2D eigenvalue weighted by atomic mass is 16.5. The number of methoxy groups -OCH3 is 1. The number of ether oxygens (including phenoxy) is 1. The number of oxazole rings is 1. The van der Waals surface area contributed by atoms with Gasteiger partial charge >= 0.3 is 0 Å². The maximum absolute atomic E-state index is 12.9. The Labute approximate surface area is 162 Å². The highest BCUT2D eigenvalue weighted by Crippen LogP contribution is 2.31. The quantitative estimate of drug-likeness (QED) is 0.520. The molecule has 1 aromatic heterocycles. The van der Waals surface area contributed by atoms with Crippen molar-refractivity contribution in [3.63, 3.8) is 0 Å². The summed E-state index contributed by atoms with van der Waals surface area (Å²) >= 11 is 0. The summed E-state index contributed by atoms with van der Waals surface area (Å²) in [6.07, 6.45) is 1.27. The summed E-state index contributed by atoms with van der Waals surface area (Å²) in [5.41, 5.74) is 3.59. The number of nitrogens with zero attached hydrogens (tertiary/aromatic N) is 1. The van der Waals surface area contributed by atoms with E-state index in [1.807, 2.05) is 78.9 Å². The minimum Gasteiger partial charge on any atom is -0.495 e. The second-order valence-corrected chi connectivity index (χ2v) is 6.13. The molecule has 4 rings (SSSR count).